The van der Waals surface area contributed by atoms with Gasteiger partial charge in [0.15, 0.2) is 0 Å². The number of nitro benzene ring substituents is 1. The van der Waals surface area contributed by atoms with Crippen molar-refractivity contribution >= 4 is 11.7 Å². The molecule has 1 aromatic carbocycles. The molecule has 0 saturated heterocycles. The summed E-state index contributed by atoms with van der Waals surface area (Å²) in [6, 6.07) is 5.72. The maximum Gasteiger partial charge on any atom is 0.311 e. The third-order valence-corrected chi connectivity index (χ3v) is 1.32. The van der Waals surface area contributed by atoms with Crippen molar-refractivity contribution < 1.29 is 36.8 Å². The van der Waals surface area contributed by atoms with Gasteiger partial charge in [-0.05, 0) is 6.07 Å². The molecule has 0 spiro atoms. The molecule has 0 aliphatic heterocycles. The second-order valence-corrected chi connectivity index (χ2v) is 2.32. The van der Waals surface area contributed by atoms with Gasteiger partial charge in [-0.1, -0.05) is 12.1 Å². The Balaban J connectivity index is 0.00000169. The third kappa shape index (κ3) is 3.29. The number of rotatable bonds is 2. The van der Waals surface area contributed by atoms with Gasteiger partial charge in [0.1, 0.15) is 0 Å². The summed E-state index contributed by atoms with van der Waals surface area (Å²) in [5, 5.41) is 10.4. The first-order valence-electron chi connectivity index (χ1n) is 3.53. The quantitative estimate of drug-likeness (QED) is 0.272. The van der Waals surface area contributed by atoms with E-state index < -0.39 is 10.9 Å². The van der Waals surface area contributed by atoms with Crippen LogP contribution in [0.25, 0.3) is 0 Å². The molecule has 0 atom stereocenters. The monoisotopic (exact) mass is 288 g/mol. The first-order chi connectivity index (χ1) is 6.11. The topological polar surface area (TPSA) is 69.4 Å². The molecule has 5 nitrogen and oxygen atoms in total. The van der Waals surface area contributed by atoms with Gasteiger partial charge in [0.25, 0.3) is 0 Å². The number of carbonyl (C=O) groups excluding carboxylic acids is 1. The van der Waals surface area contributed by atoms with Crippen molar-refractivity contribution in [2.24, 2.45) is 0 Å². The van der Waals surface area contributed by atoms with Crippen LogP contribution in [0.4, 0.5) is 5.69 Å². The molecule has 0 unspecified atom stereocenters. The molecule has 0 saturated carbocycles. The fourth-order valence-corrected chi connectivity index (χ4v) is 0.849. The van der Waals surface area contributed by atoms with Crippen molar-refractivity contribution in [3.8, 4) is 5.75 Å². The first kappa shape index (κ1) is 12.8. The Hall–Kier alpha value is -1.17. The van der Waals surface area contributed by atoms with Gasteiger partial charge in [0.2, 0.25) is 5.75 Å². The van der Waals surface area contributed by atoms with E-state index in [1.807, 2.05) is 0 Å². The summed E-state index contributed by atoms with van der Waals surface area (Å²) in [6.45, 7) is 1.19. The molecule has 1 rings (SSSR count). The van der Waals surface area contributed by atoms with Crippen LogP contribution in [0.15, 0.2) is 24.3 Å². The molecule has 1 radical (unpaired) electrons. The van der Waals surface area contributed by atoms with Crippen molar-refractivity contribution in [3.05, 3.63) is 34.4 Å². The fraction of sp³-hybridized carbons (Fsp3) is 0.125. The van der Waals surface area contributed by atoms with Crippen LogP contribution in [-0.2, 0) is 27.2 Å². The Morgan fingerprint density at radius 3 is 2.50 bits per heavy atom. The summed E-state index contributed by atoms with van der Waals surface area (Å²) in [4.78, 5) is 20.4. The summed E-state index contributed by atoms with van der Waals surface area (Å²) in [5.74, 6) is -0.602. The summed E-state index contributed by atoms with van der Waals surface area (Å²) in [5.41, 5.74) is -0.210. The minimum absolute atomic E-state index is 0. The standard InChI is InChI=1S/C8H7NO4.Ag/c1-6(10)13-8-5-3-2-4-7(8)9(11)12;/h2-5H,1H3;. The van der Waals surface area contributed by atoms with Crippen molar-refractivity contribution in [3.63, 3.8) is 0 Å². The van der Waals surface area contributed by atoms with E-state index >= 15 is 0 Å². The van der Waals surface area contributed by atoms with Gasteiger partial charge in [-0.3, -0.25) is 14.9 Å². The van der Waals surface area contributed by atoms with Gasteiger partial charge in [-0.25, -0.2) is 0 Å². The largest absolute Gasteiger partial charge is 0.419 e. The number of para-hydroxylation sites is 2. The zero-order chi connectivity index (χ0) is 9.84. The van der Waals surface area contributed by atoms with E-state index in [4.69, 9.17) is 0 Å². The zero-order valence-corrected chi connectivity index (χ0v) is 8.67. The van der Waals surface area contributed by atoms with E-state index in [9.17, 15) is 14.9 Å². The SMILES string of the molecule is CC(=O)Oc1ccccc1[N+](=O)[O-].[Ag]. The molecule has 79 valence electrons. The Kier molecular flexibility index (Phi) is 5.07. The fourth-order valence-electron chi connectivity index (χ4n) is 0.849. The number of nitrogens with zero attached hydrogens (tertiary/aromatic N) is 1. The van der Waals surface area contributed by atoms with Crippen LogP contribution in [0.5, 0.6) is 5.75 Å². The predicted octanol–water partition coefficient (Wildman–Crippen LogP) is 1.52. The molecule has 0 aromatic heterocycles. The van der Waals surface area contributed by atoms with Gasteiger partial charge in [0, 0.05) is 35.4 Å². The van der Waals surface area contributed by atoms with Crippen LogP contribution < -0.4 is 4.74 Å². The summed E-state index contributed by atoms with van der Waals surface area (Å²) < 4.78 is 4.63. The van der Waals surface area contributed by atoms with E-state index in [2.05, 4.69) is 4.74 Å². The number of hydrogen-bond acceptors (Lipinski definition) is 4. The van der Waals surface area contributed by atoms with Crippen molar-refractivity contribution in [2.75, 3.05) is 0 Å². The summed E-state index contributed by atoms with van der Waals surface area (Å²) in [7, 11) is 0. The second kappa shape index (κ2) is 5.54. The third-order valence-electron chi connectivity index (χ3n) is 1.32. The molecule has 1 aromatic rings. The van der Waals surface area contributed by atoms with Gasteiger partial charge < -0.3 is 4.74 Å². The number of carbonyl (C=O) groups is 1. The van der Waals surface area contributed by atoms with Crippen LogP contribution in [0, 0.1) is 10.1 Å². The molecular weight excluding hydrogens is 282 g/mol. The Bertz CT molecular complexity index is 353. The van der Waals surface area contributed by atoms with Crippen LogP contribution in [0.2, 0.25) is 0 Å². The molecular formula is C8H7AgNO4. The van der Waals surface area contributed by atoms with Crippen LogP contribution in [-0.4, -0.2) is 10.9 Å². The molecule has 0 amide bonds. The smallest absolute Gasteiger partial charge is 0.311 e. The zero-order valence-electron chi connectivity index (χ0n) is 7.19. The first-order valence-corrected chi connectivity index (χ1v) is 3.53. The Morgan fingerprint density at radius 2 is 2.00 bits per heavy atom. The molecule has 0 bridgehead atoms. The van der Waals surface area contributed by atoms with Crippen LogP contribution in [0.1, 0.15) is 6.92 Å². The average Bonchev–Trinajstić information content (AvgIpc) is 2.03. The molecule has 6 heteroatoms. The van der Waals surface area contributed by atoms with Gasteiger partial charge in [0.05, 0.1) is 4.92 Å². The number of hydrogen-bond donors (Lipinski definition) is 0. The van der Waals surface area contributed by atoms with Crippen LogP contribution >= 0.6 is 0 Å². The van der Waals surface area contributed by atoms with Crippen molar-refractivity contribution in [1.29, 1.82) is 0 Å². The van der Waals surface area contributed by atoms with E-state index in [1.54, 1.807) is 6.07 Å². The number of ether oxygens (including phenoxy) is 1. The normalized spacial score (nSPS) is 8.64. The van der Waals surface area contributed by atoms with Crippen molar-refractivity contribution in [2.45, 2.75) is 6.92 Å². The number of benzene rings is 1. The van der Waals surface area contributed by atoms with E-state index in [-0.39, 0.29) is 33.8 Å². The number of esters is 1. The minimum Gasteiger partial charge on any atom is -0.419 e. The molecule has 14 heavy (non-hydrogen) atoms. The van der Waals surface area contributed by atoms with Gasteiger partial charge in [-0.2, -0.15) is 0 Å². The predicted molar refractivity (Wildman–Crippen MR) is 44.4 cm³/mol. The Morgan fingerprint density at radius 1 is 1.43 bits per heavy atom. The van der Waals surface area contributed by atoms with E-state index in [1.165, 1.54) is 25.1 Å². The van der Waals surface area contributed by atoms with Gasteiger partial charge >= 0.3 is 11.7 Å². The van der Waals surface area contributed by atoms with E-state index in [0.717, 1.165) is 0 Å². The summed E-state index contributed by atoms with van der Waals surface area (Å²) >= 11 is 0. The minimum atomic E-state index is -0.599. The maximum absolute atomic E-state index is 10.5. The second-order valence-electron chi connectivity index (χ2n) is 2.32. The molecule has 0 aliphatic carbocycles. The molecule has 0 N–H and O–H groups in total. The maximum atomic E-state index is 10.5. The average molecular weight is 289 g/mol. The Labute approximate surface area is 95.7 Å². The van der Waals surface area contributed by atoms with Gasteiger partial charge in [-0.15, -0.1) is 0 Å². The van der Waals surface area contributed by atoms with E-state index in [0.29, 0.717) is 0 Å². The molecule has 0 aliphatic rings. The van der Waals surface area contributed by atoms with Crippen LogP contribution in [0.3, 0.4) is 0 Å². The van der Waals surface area contributed by atoms with Crippen molar-refractivity contribution in [1.82, 2.24) is 0 Å². The molecule has 0 heterocycles. The molecule has 0 fully saturated rings. The summed E-state index contributed by atoms with van der Waals surface area (Å²) in [6.07, 6.45) is 0. The number of nitro groups is 1.